The Hall–Kier alpha value is -1.55. The molecule has 2 rings (SSSR count). The second-order valence-corrected chi connectivity index (χ2v) is 7.44. The van der Waals surface area contributed by atoms with Crippen molar-refractivity contribution in [1.82, 2.24) is 15.6 Å². The Morgan fingerprint density at radius 2 is 1.89 bits per heavy atom. The summed E-state index contributed by atoms with van der Waals surface area (Å²) in [6.45, 7) is 8.48. The summed E-state index contributed by atoms with van der Waals surface area (Å²) in [6.07, 6.45) is 1.96. The fourth-order valence-corrected chi connectivity index (χ4v) is 3.61. The zero-order chi connectivity index (χ0) is 19.6. The van der Waals surface area contributed by atoms with Crippen molar-refractivity contribution in [3.05, 3.63) is 39.3 Å². The smallest absolute Gasteiger partial charge is 0.191 e. The maximum absolute atomic E-state index is 5.36. The third-order valence-electron chi connectivity index (χ3n) is 4.11. The molecule has 0 amide bonds. The van der Waals surface area contributed by atoms with Crippen LogP contribution in [0.4, 0.5) is 0 Å². The zero-order valence-corrected chi connectivity index (χ0v) is 20.4. The predicted octanol–water partition coefficient (Wildman–Crippen LogP) is 4.08. The number of guanidine groups is 1. The Morgan fingerprint density at radius 1 is 1.14 bits per heavy atom. The average molecular weight is 518 g/mol. The zero-order valence-electron chi connectivity index (χ0n) is 17.3. The van der Waals surface area contributed by atoms with Crippen LogP contribution < -0.4 is 20.1 Å². The van der Waals surface area contributed by atoms with Gasteiger partial charge in [0.25, 0.3) is 0 Å². The number of nitrogens with one attached hydrogen (secondary N) is 2. The highest BCUT2D eigenvalue weighted by molar-refractivity contribution is 14.0. The first-order chi connectivity index (χ1) is 13.1. The van der Waals surface area contributed by atoms with Crippen molar-refractivity contribution in [3.63, 3.8) is 0 Å². The number of benzene rings is 1. The first-order valence-corrected chi connectivity index (χ1v) is 10.0. The van der Waals surface area contributed by atoms with E-state index < -0.39 is 0 Å². The minimum Gasteiger partial charge on any atom is -0.493 e. The van der Waals surface area contributed by atoms with Crippen molar-refractivity contribution >= 4 is 41.3 Å². The normalized spacial score (nSPS) is 11.0. The number of aromatic nitrogens is 1. The average Bonchev–Trinajstić information content (AvgIpc) is 2.99. The van der Waals surface area contributed by atoms with Gasteiger partial charge in [-0.3, -0.25) is 0 Å². The molecule has 0 unspecified atom stereocenters. The number of methoxy groups -OCH3 is 2. The topological polar surface area (TPSA) is 67.8 Å². The molecular weight excluding hydrogens is 487 g/mol. The van der Waals surface area contributed by atoms with Crippen LogP contribution in [0.5, 0.6) is 11.5 Å². The summed E-state index contributed by atoms with van der Waals surface area (Å²) in [4.78, 5) is 10.4. The van der Waals surface area contributed by atoms with E-state index in [1.807, 2.05) is 26.0 Å². The summed E-state index contributed by atoms with van der Waals surface area (Å²) in [7, 11) is 3.31. The standard InChI is InChI=1S/C20H30N4O2S.HI/c1-6-21-20(23-13-19-14(2)24-15(3)27-19)22-11-7-8-16-9-10-17(25-4)18(12-16)26-5;/h9-10,12H,6-8,11,13H2,1-5H3,(H2,21,22,23);1H. The summed E-state index contributed by atoms with van der Waals surface area (Å²) in [5, 5.41) is 7.79. The molecule has 0 saturated heterocycles. The van der Waals surface area contributed by atoms with Crippen LogP contribution in [0.25, 0.3) is 0 Å². The lowest BCUT2D eigenvalue weighted by molar-refractivity contribution is 0.354. The second kappa shape index (κ2) is 12.8. The van der Waals surface area contributed by atoms with E-state index >= 15 is 0 Å². The van der Waals surface area contributed by atoms with E-state index in [0.717, 1.165) is 54.1 Å². The fraction of sp³-hybridized carbons (Fsp3) is 0.500. The van der Waals surface area contributed by atoms with E-state index in [9.17, 15) is 0 Å². The van der Waals surface area contributed by atoms with Gasteiger partial charge in [-0.25, -0.2) is 9.98 Å². The van der Waals surface area contributed by atoms with E-state index in [2.05, 4.69) is 33.6 Å². The molecule has 0 atom stereocenters. The van der Waals surface area contributed by atoms with Crippen LogP contribution in [0.3, 0.4) is 0 Å². The minimum absolute atomic E-state index is 0. The lowest BCUT2D eigenvalue weighted by Gasteiger charge is -2.12. The van der Waals surface area contributed by atoms with Gasteiger partial charge in [-0.1, -0.05) is 6.07 Å². The molecule has 0 radical (unpaired) electrons. The molecule has 0 bridgehead atoms. The largest absolute Gasteiger partial charge is 0.493 e. The highest BCUT2D eigenvalue weighted by Crippen LogP contribution is 2.27. The Kier molecular flexibility index (Phi) is 11.2. The van der Waals surface area contributed by atoms with Crippen LogP contribution in [-0.2, 0) is 13.0 Å². The van der Waals surface area contributed by atoms with Crippen molar-refractivity contribution in [2.45, 2.75) is 40.2 Å². The Bertz CT molecular complexity index is 765. The molecule has 0 spiro atoms. The quantitative estimate of drug-likeness (QED) is 0.227. The third-order valence-corrected chi connectivity index (χ3v) is 5.16. The number of nitrogens with zero attached hydrogens (tertiary/aromatic N) is 2. The summed E-state index contributed by atoms with van der Waals surface area (Å²) in [5.74, 6) is 2.37. The van der Waals surface area contributed by atoms with Crippen molar-refractivity contribution < 1.29 is 9.47 Å². The van der Waals surface area contributed by atoms with Crippen LogP contribution >= 0.6 is 35.3 Å². The number of hydrogen-bond acceptors (Lipinski definition) is 5. The van der Waals surface area contributed by atoms with Gasteiger partial charge in [0.2, 0.25) is 0 Å². The van der Waals surface area contributed by atoms with Gasteiger partial charge in [-0.2, -0.15) is 0 Å². The lowest BCUT2D eigenvalue weighted by Crippen LogP contribution is -2.37. The van der Waals surface area contributed by atoms with Crippen LogP contribution in [0.15, 0.2) is 23.2 Å². The Balaban J connectivity index is 0.00000392. The second-order valence-electron chi connectivity index (χ2n) is 6.16. The molecule has 28 heavy (non-hydrogen) atoms. The van der Waals surface area contributed by atoms with Crippen LogP contribution in [0.2, 0.25) is 0 Å². The number of rotatable bonds is 9. The summed E-state index contributed by atoms with van der Waals surface area (Å²) in [6, 6.07) is 6.06. The van der Waals surface area contributed by atoms with Gasteiger partial charge < -0.3 is 20.1 Å². The fourth-order valence-electron chi connectivity index (χ4n) is 2.75. The van der Waals surface area contributed by atoms with Crippen molar-refractivity contribution in [2.24, 2.45) is 4.99 Å². The molecule has 0 fully saturated rings. The van der Waals surface area contributed by atoms with Gasteiger partial charge in [0.05, 0.1) is 31.5 Å². The van der Waals surface area contributed by atoms with Gasteiger partial charge in [-0.15, -0.1) is 35.3 Å². The Morgan fingerprint density at radius 3 is 2.50 bits per heavy atom. The SMILES string of the molecule is CCNC(=NCc1sc(C)nc1C)NCCCc1ccc(OC)c(OC)c1.I. The molecule has 0 aliphatic carbocycles. The third kappa shape index (κ3) is 7.46. The summed E-state index contributed by atoms with van der Waals surface area (Å²) in [5.41, 5.74) is 2.30. The summed E-state index contributed by atoms with van der Waals surface area (Å²) < 4.78 is 10.6. The van der Waals surface area contributed by atoms with Crippen LogP contribution in [-0.4, -0.2) is 38.3 Å². The first kappa shape index (κ1) is 24.5. The molecule has 6 nitrogen and oxygen atoms in total. The highest BCUT2D eigenvalue weighted by atomic mass is 127. The maximum Gasteiger partial charge on any atom is 0.191 e. The summed E-state index contributed by atoms with van der Waals surface area (Å²) >= 11 is 1.71. The molecule has 2 N–H and O–H groups in total. The molecule has 0 saturated carbocycles. The number of halogens is 1. The number of hydrogen-bond donors (Lipinski definition) is 2. The molecule has 0 aliphatic heterocycles. The van der Waals surface area contributed by atoms with Crippen molar-refractivity contribution in [3.8, 4) is 11.5 Å². The molecular formula is C20H31IN4O2S. The minimum atomic E-state index is 0. The number of aryl methyl sites for hydroxylation is 3. The number of aliphatic imine (C=N–C) groups is 1. The van der Waals surface area contributed by atoms with Gasteiger partial charge >= 0.3 is 0 Å². The molecule has 0 aliphatic rings. The lowest BCUT2D eigenvalue weighted by atomic mass is 10.1. The maximum atomic E-state index is 5.36. The van der Waals surface area contributed by atoms with Gasteiger partial charge in [-0.05, 0) is 51.3 Å². The van der Waals surface area contributed by atoms with E-state index in [1.54, 1.807) is 25.6 Å². The van der Waals surface area contributed by atoms with E-state index in [0.29, 0.717) is 6.54 Å². The van der Waals surface area contributed by atoms with Crippen molar-refractivity contribution in [1.29, 1.82) is 0 Å². The van der Waals surface area contributed by atoms with Crippen LogP contribution in [0, 0.1) is 13.8 Å². The van der Waals surface area contributed by atoms with E-state index in [4.69, 9.17) is 9.47 Å². The Labute approximate surface area is 189 Å². The van der Waals surface area contributed by atoms with Gasteiger partial charge in [0.1, 0.15) is 0 Å². The molecule has 1 aromatic carbocycles. The van der Waals surface area contributed by atoms with E-state index in [-0.39, 0.29) is 24.0 Å². The molecule has 1 heterocycles. The van der Waals surface area contributed by atoms with Gasteiger partial charge in [0, 0.05) is 18.0 Å². The number of ether oxygens (including phenoxy) is 2. The number of thiazole rings is 1. The molecule has 156 valence electrons. The monoisotopic (exact) mass is 518 g/mol. The predicted molar refractivity (Wildman–Crippen MR) is 128 cm³/mol. The highest BCUT2D eigenvalue weighted by Gasteiger charge is 2.06. The molecule has 2 aromatic rings. The van der Waals surface area contributed by atoms with E-state index in [1.165, 1.54) is 10.4 Å². The molecule has 8 heteroatoms. The van der Waals surface area contributed by atoms with Gasteiger partial charge in [0.15, 0.2) is 17.5 Å². The van der Waals surface area contributed by atoms with Crippen LogP contribution in [0.1, 0.15) is 34.5 Å². The molecule has 1 aromatic heterocycles. The first-order valence-electron chi connectivity index (χ1n) is 9.23. The van der Waals surface area contributed by atoms with Crippen molar-refractivity contribution in [2.75, 3.05) is 27.3 Å².